The molecule has 0 unspecified atom stereocenters. The molecule has 0 amide bonds. The molecule has 0 atom stereocenters. The van der Waals surface area contributed by atoms with Crippen LogP contribution in [0.3, 0.4) is 0 Å². The Morgan fingerprint density at radius 3 is 2.67 bits per heavy atom. The number of allylic oxidation sites excluding steroid dienone is 3. The standard InChI is InChI=1S/C15H18/c1-13-8-4-2-3-5-9-14-10-6-7-11-15(14)12-13/h2,4,6-7,10-11H,1,3,5,8-9,12H2/b4-2-. The minimum Gasteiger partial charge on any atom is -0.0992 e. The second kappa shape index (κ2) is 4.97. The van der Waals surface area contributed by atoms with Gasteiger partial charge in [0.05, 0.1) is 0 Å². The fourth-order valence-corrected chi connectivity index (χ4v) is 2.09. The Balaban J connectivity index is 2.23. The summed E-state index contributed by atoms with van der Waals surface area (Å²) in [7, 11) is 0. The first-order chi connectivity index (χ1) is 7.36. The van der Waals surface area contributed by atoms with Crippen molar-refractivity contribution in [2.24, 2.45) is 0 Å². The number of hydrogen-bond acceptors (Lipinski definition) is 0. The van der Waals surface area contributed by atoms with E-state index in [-0.39, 0.29) is 0 Å². The van der Waals surface area contributed by atoms with E-state index in [9.17, 15) is 0 Å². The lowest BCUT2D eigenvalue weighted by atomic mass is 9.94. The molecule has 0 heteroatoms. The average molecular weight is 198 g/mol. The van der Waals surface area contributed by atoms with Gasteiger partial charge in [-0.05, 0) is 43.2 Å². The summed E-state index contributed by atoms with van der Waals surface area (Å²) in [4.78, 5) is 0. The third-order valence-corrected chi connectivity index (χ3v) is 2.95. The van der Waals surface area contributed by atoms with Crippen LogP contribution in [0.15, 0.2) is 48.6 Å². The lowest BCUT2D eigenvalue weighted by molar-refractivity contribution is 0.823. The van der Waals surface area contributed by atoms with Crippen molar-refractivity contribution < 1.29 is 0 Å². The third-order valence-electron chi connectivity index (χ3n) is 2.95. The molecule has 0 nitrogen and oxygen atoms in total. The van der Waals surface area contributed by atoms with Crippen LogP contribution in [0, 0.1) is 0 Å². The van der Waals surface area contributed by atoms with Crippen LogP contribution in [-0.4, -0.2) is 0 Å². The van der Waals surface area contributed by atoms with Crippen molar-refractivity contribution in [1.82, 2.24) is 0 Å². The smallest absolute Gasteiger partial charge is 0.00640 e. The lowest BCUT2D eigenvalue weighted by Crippen LogP contribution is -1.97. The SMILES string of the molecule is C=C1C/C=C\CCCc2ccccc2C1. The van der Waals surface area contributed by atoms with Gasteiger partial charge in [0.25, 0.3) is 0 Å². The molecule has 0 spiro atoms. The fourth-order valence-electron chi connectivity index (χ4n) is 2.09. The van der Waals surface area contributed by atoms with E-state index in [0.717, 1.165) is 12.8 Å². The maximum Gasteiger partial charge on any atom is -0.00640 e. The van der Waals surface area contributed by atoms with Crippen LogP contribution in [0.5, 0.6) is 0 Å². The summed E-state index contributed by atoms with van der Waals surface area (Å²) in [5.74, 6) is 0. The van der Waals surface area contributed by atoms with Gasteiger partial charge in [-0.3, -0.25) is 0 Å². The van der Waals surface area contributed by atoms with Gasteiger partial charge in [0.15, 0.2) is 0 Å². The highest BCUT2D eigenvalue weighted by Crippen LogP contribution is 2.18. The van der Waals surface area contributed by atoms with Crippen molar-refractivity contribution >= 4 is 0 Å². The van der Waals surface area contributed by atoms with Gasteiger partial charge in [-0.1, -0.05) is 48.6 Å². The Morgan fingerprint density at radius 2 is 1.80 bits per heavy atom. The van der Waals surface area contributed by atoms with Gasteiger partial charge in [-0.25, -0.2) is 0 Å². The van der Waals surface area contributed by atoms with Crippen LogP contribution in [0.1, 0.15) is 30.4 Å². The molecule has 78 valence electrons. The molecule has 0 fully saturated rings. The van der Waals surface area contributed by atoms with Gasteiger partial charge in [-0.15, -0.1) is 0 Å². The van der Waals surface area contributed by atoms with E-state index < -0.39 is 0 Å². The summed E-state index contributed by atoms with van der Waals surface area (Å²) in [6.07, 6.45) is 10.3. The molecule has 1 aromatic carbocycles. The summed E-state index contributed by atoms with van der Waals surface area (Å²) < 4.78 is 0. The molecule has 0 radical (unpaired) electrons. The zero-order chi connectivity index (χ0) is 10.5. The van der Waals surface area contributed by atoms with Gasteiger partial charge in [-0.2, -0.15) is 0 Å². The van der Waals surface area contributed by atoms with Gasteiger partial charge < -0.3 is 0 Å². The van der Waals surface area contributed by atoms with Crippen molar-refractivity contribution in [3.8, 4) is 0 Å². The summed E-state index contributed by atoms with van der Waals surface area (Å²) in [6.45, 7) is 4.14. The molecule has 1 aliphatic carbocycles. The first-order valence-electron chi connectivity index (χ1n) is 5.74. The summed E-state index contributed by atoms with van der Waals surface area (Å²) in [5.41, 5.74) is 4.30. The van der Waals surface area contributed by atoms with E-state index in [4.69, 9.17) is 0 Å². The monoisotopic (exact) mass is 198 g/mol. The molecule has 2 rings (SSSR count). The van der Waals surface area contributed by atoms with E-state index in [0.29, 0.717) is 0 Å². The predicted octanol–water partition coefficient (Wildman–Crippen LogP) is 4.07. The first kappa shape index (κ1) is 10.2. The molecule has 15 heavy (non-hydrogen) atoms. The van der Waals surface area contributed by atoms with E-state index >= 15 is 0 Å². The molecule has 0 saturated carbocycles. The van der Waals surface area contributed by atoms with Crippen LogP contribution in [-0.2, 0) is 12.8 Å². The molecule has 0 aliphatic heterocycles. The molecule has 0 heterocycles. The van der Waals surface area contributed by atoms with Crippen LogP contribution >= 0.6 is 0 Å². The normalized spacial score (nSPS) is 19.3. The van der Waals surface area contributed by atoms with Gasteiger partial charge >= 0.3 is 0 Å². The van der Waals surface area contributed by atoms with Crippen molar-refractivity contribution in [3.05, 3.63) is 59.7 Å². The van der Waals surface area contributed by atoms with Crippen LogP contribution < -0.4 is 0 Å². The zero-order valence-corrected chi connectivity index (χ0v) is 9.21. The third kappa shape index (κ3) is 2.82. The van der Waals surface area contributed by atoms with Crippen LogP contribution in [0.2, 0.25) is 0 Å². The number of rotatable bonds is 0. The van der Waals surface area contributed by atoms with Crippen molar-refractivity contribution in [2.45, 2.75) is 32.1 Å². The van der Waals surface area contributed by atoms with Gasteiger partial charge in [0.1, 0.15) is 0 Å². The summed E-state index contributed by atoms with van der Waals surface area (Å²) in [5, 5.41) is 0. The van der Waals surface area contributed by atoms with E-state index in [1.54, 1.807) is 0 Å². The Hall–Kier alpha value is -1.30. The Labute approximate surface area is 92.3 Å². The molecule has 0 bridgehead atoms. The fraction of sp³-hybridized carbons (Fsp3) is 0.333. The maximum absolute atomic E-state index is 4.14. The minimum atomic E-state index is 1.04. The Kier molecular flexibility index (Phi) is 3.39. The second-order valence-electron chi connectivity index (χ2n) is 4.26. The predicted molar refractivity (Wildman–Crippen MR) is 66.0 cm³/mol. The zero-order valence-electron chi connectivity index (χ0n) is 9.21. The second-order valence-corrected chi connectivity index (χ2v) is 4.26. The maximum atomic E-state index is 4.14. The Bertz CT molecular complexity index is 371. The molecule has 1 aliphatic rings. The first-order valence-corrected chi connectivity index (χ1v) is 5.74. The molecular weight excluding hydrogens is 180 g/mol. The largest absolute Gasteiger partial charge is 0.0992 e. The topological polar surface area (TPSA) is 0 Å². The molecule has 1 aromatic rings. The van der Waals surface area contributed by atoms with E-state index in [2.05, 4.69) is 43.0 Å². The summed E-state index contributed by atoms with van der Waals surface area (Å²) >= 11 is 0. The highest BCUT2D eigenvalue weighted by molar-refractivity contribution is 5.31. The van der Waals surface area contributed by atoms with Crippen molar-refractivity contribution in [1.29, 1.82) is 0 Å². The van der Waals surface area contributed by atoms with Crippen LogP contribution in [0.25, 0.3) is 0 Å². The highest BCUT2D eigenvalue weighted by Gasteiger charge is 2.04. The number of hydrogen-bond donors (Lipinski definition) is 0. The quantitative estimate of drug-likeness (QED) is 0.551. The number of benzene rings is 1. The van der Waals surface area contributed by atoms with E-state index in [1.807, 2.05) is 0 Å². The van der Waals surface area contributed by atoms with Gasteiger partial charge in [0.2, 0.25) is 0 Å². The number of aryl methyl sites for hydroxylation is 1. The minimum absolute atomic E-state index is 1.04. The number of fused-ring (bicyclic) bond motifs is 1. The van der Waals surface area contributed by atoms with Crippen LogP contribution in [0.4, 0.5) is 0 Å². The lowest BCUT2D eigenvalue weighted by Gasteiger charge is -2.11. The highest BCUT2D eigenvalue weighted by atomic mass is 14.1. The average Bonchev–Trinajstić information content (AvgIpc) is 2.25. The van der Waals surface area contributed by atoms with Crippen molar-refractivity contribution in [3.63, 3.8) is 0 Å². The Morgan fingerprint density at radius 1 is 1.00 bits per heavy atom. The molecule has 0 N–H and O–H groups in total. The molecule has 0 aromatic heterocycles. The van der Waals surface area contributed by atoms with E-state index in [1.165, 1.54) is 36.0 Å². The summed E-state index contributed by atoms with van der Waals surface area (Å²) in [6, 6.07) is 8.77. The van der Waals surface area contributed by atoms with Gasteiger partial charge in [0, 0.05) is 0 Å². The molecule has 0 saturated heterocycles. The van der Waals surface area contributed by atoms with Crippen molar-refractivity contribution in [2.75, 3.05) is 0 Å². The molecular formula is C15H18.